The number of carbonyl (C=O) groups excluding carboxylic acids is 1. The number of hydrogen-bond acceptors (Lipinski definition) is 3. The Bertz CT molecular complexity index is 464. The van der Waals surface area contributed by atoms with E-state index in [1.165, 1.54) is 12.8 Å². The number of likely N-dealkylation sites (tertiary alicyclic amines) is 1. The number of aliphatic hydroxyl groups is 1. The summed E-state index contributed by atoms with van der Waals surface area (Å²) < 4.78 is 0. The summed E-state index contributed by atoms with van der Waals surface area (Å²) in [5.74, 6) is 0.470. The molecule has 122 valence electrons. The van der Waals surface area contributed by atoms with Crippen molar-refractivity contribution in [3.05, 3.63) is 29.8 Å². The Hall–Kier alpha value is -1.55. The fourth-order valence-electron chi connectivity index (χ4n) is 2.88. The number of unbranched alkanes of at least 4 members (excludes halogenated alkanes) is 1. The first-order valence-electron chi connectivity index (χ1n) is 8.37. The number of hydrogen-bond donors (Lipinski definition) is 1. The van der Waals surface area contributed by atoms with Gasteiger partial charge in [0.1, 0.15) is 0 Å². The zero-order valence-electron chi connectivity index (χ0n) is 13.8. The van der Waals surface area contributed by atoms with Crippen LogP contribution < -0.4 is 4.90 Å². The molecule has 0 unspecified atom stereocenters. The average molecular weight is 304 g/mol. The third-order valence-corrected chi connectivity index (χ3v) is 4.56. The minimum atomic E-state index is 0.110. The van der Waals surface area contributed by atoms with E-state index in [2.05, 4.69) is 18.9 Å². The number of carbonyl (C=O) groups is 1. The quantitative estimate of drug-likeness (QED) is 0.879. The van der Waals surface area contributed by atoms with Gasteiger partial charge in [-0.15, -0.1) is 0 Å². The standard InChI is InChI=1S/C18H28N2O2/c1-3-4-11-19(2)17-7-5-16(6-8-17)18(22)20-12-9-15(14-21)10-13-20/h5-8,15,21H,3-4,9-14H2,1-2H3. The van der Waals surface area contributed by atoms with Crippen LogP contribution in [0.5, 0.6) is 0 Å². The van der Waals surface area contributed by atoms with Crippen LogP contribution in [0.1, 0.15) is 43.0 Å². The van der Waals surface area contributed by atoms with Gasteiger partial charge in [0, 0.05) is 44.5 Å². The molecule has 0 aromatic heterocycles. The third-order valence-electron chi connectivity index (χ3n) is 4.56. The van der Waals surface area contributed by atoms with Crippen molar-refractivity contribution in [3.63, 3.8) is 0 Å². The van der Waals surface area contributed by atoms with Crippen LogP contribution in [-0.2, 0) is 0 Å². The topological polar surface area (TPSA) is 43.8 Å². The second-order valence-corrected chi connectivity index (χ2v) is 6.24. The van der Waals surface area contributed by atoms with Crippen LogP contribution in [0.15, 0.2) is 24.3 Å². The summed E-state index contributed by atoms with van der Waals surface area (Å²) in [7, 11) is 2.09. The maximum atomic E-state index is 12.5. The molecule has 0 saturated carbocycles. The summed E-state index contributed by atoms with van der Waals surface area (Å²) in [6.07, 6.45) is 4.17. The molecule has 1 saturated heterocycles. The molecule has 1 N–H and O–H groups in total. The molecule has 0 bridgehead atoms. The highest BCUT2D eigenvalue weighted by molar-refractivity contribution is 5.94. The van der Waals surface area contributed by atoms with Crippen molar-refractivity contribution < 1.29 is 9.90 Å². The second kappa shape index (κ2) is 8.18. The van der Waals surface area contributed by atoms with Crippen molar-refractivity contribution in [2.75, 3.05) is 38.2 Å². The van der Waals surface area contributed by atoms with Crippen LogP contribution in [-0.4, -0.2) is 49.2 Å². The largest absolute Gasteiger partial charge is 0.396 e. The van der Waals surface area contributed by atoms with E-state index >= 15 is 0 Å². The highest BCUT2D eigenvalue weighted by Gasteiger charge is 2.23. The molecule has 1 heterocycles. The number of benzene rings is 1. The number of aliphatic hydroxyl groups excluding tert-OH is 1. The van der Waals surface area contributed by atoms with Gasteiger partial charge in [0.25, 0.3) is 5.91 Å². The predicted octanol–water partition coefficient (Wildman–Crippen LogP) is 2.77. The van der Waals surface area contributed by atoms with E-state index in [9.17, 15) is 4.79 Å². The van der Waals surface area contributed by atoms with Crippen molar-refractivity contribution in [3.8, 4) is 0 Å². The van der Waals surface area contributed by atoms with Gasteiger partial charge in [0.15, 0.2) is 0 Å². The fraction of sp³-hybridized carbons (Fsp3) is 0.611. The molecule has 0 radical (unpaired) electrons. The van der Waals surface area contributed by atoms with Crippen LogP contribution in [0.25, 0.3) is 0 Å². The fourth-order valence-corrected chi connectivity index (χ4v) is 2.88. The van der Waals surface area contributed by atoms with Gasteiger partial charge in [-0.2, -0.15) is 0 Å². The van der Waals surface area contributed by atoms with Crippen molar-refractivity contribution >= 4 is 11.6 Å². The predicted molar refractivity (Wildman–Crippen MR) is 90.3 cm³/mol. The Morgan fingerprint density at radius 1 is 1.27 bits per heavy atom. The summed E-state index contributed by atoms with van der Waals surface area (Å²) in [5.41, 5.74) is 1.92. The maximum Gasteiger partial charge on any atom is 0.253 e. The molecule has 2 rings (SSSR count). The lowest BCUT2D eigenvalue weighted by atomic mass is 9.97. The lowest BCUT2D eigenvalue weighted by Crippen LogP contribution is -2.39. The van der Waals surface area contributed by atoms with Gasteiger partial charge >= 0.3 is 0 Å². The van der Waals surface area contributed by atoms with E-state index in [1.54, 1.807) is 0 Å². The van der Waals surface area contributed by atoms with Gasteiger partial charge in [0.05, 0.1) is 0 Å². The molecule has 1 aliphatic rings. The van der Waals surface area contributed by atoms with E-state index in [4.69, 9.17) is 5.11 Å². The van der Waals surface area contributed by atoms with Crippen molar-refractivity contribution in [2.24, 2.45) is 5.92 Å². The van der Waals surface area contributed by atoms with Crippen molar-refractivity contribution in [2.45, 2.75) is 32.6 Å². The lowest BCUT2D eigenvalue weighted by molar-refractivity contribution is 0.0651. The highest BCUT2D eigenvalue weighted by Crippen LogP contribution is 2.20. The maximum absolute atomic E-state index is 12.5. The molecule has 0 atom stereocenters. The Morgan fingerprint density at radius 2 is 1.91 bits per heavy atom. The SMILES string of the molecule is CCCCN(C)c1ccc(C(=O)N2CCC(CO)CC2)cc1. The Labute approximate surface area is 133 Å². The number of rotatable bonds is 6. The number of anilines is 1. The molecular weight excluding hydrogens is 276 g/mol. The van der Waals surface area contributed by atoms with Gasteiger partial charge in [-0.3, -0.25) is 4.79 Å². The highest BCUT2D eigenvalue weighted by atomic mass is 16.3. The van der Waals surface area contributed by atoms with Crippen LogP contribution in [0.3, 0.4) is 0 Å². The summed E-state index contributed by atoms with van der Waals surface area (Å²) in [4.78, 5) is 16.6. The minimum absolute atomic E-state index is 0.110. The van der Waals surface area contributed by atoms with Gasteiger partial charge in [-0.05, 0) is 49.4 Å². The van der Waals surface area contributed by atoms with Crippen LogP contribution in [0.2, 0.25) is 0 Å². The molecular formula is C18H28N2O2. The molecule has 1 aromatic carbocycles. The molecule has 4 nitrogen and oxygen atoms in total. The van der Waals surface area contributed by atoms with E-state index in [-0.39, 0.29) is 12.5 Å². The summed E-state index contributed by atoms with van der Waals surface area (Å²) in [6.45, 7) is 4.97. The van der Waals surface area contributed by atoms with Crippen LogP contribution >= 0.6 is 0 Å². The first kappa shape index (κ1) is 16.8. The Kier molecular flexibility index (Phi) is 6.25. The molecule has 0 aliphatic carbocycles. The van der Waals surface area contributed by atoms with Crippen molar-refractivity contribution in [1.29, 1.82) is 0 Å². The van der Waals surface area contributed by atoms with E-state index < -0.39 is 0 Å². The zero-order chi connectivity index (χ0) is 15.9. The van der Waals surface area contributed by atoms with Gasteiger partial charge in [0.2, 0.25) is 0 Å². The molecule has 1 amide bonds. The molecule has 4 heteroatoms. The molecule has 1 aliphatic heterocycles. The number of nitrogens with zero attached hydrogens (tertiary/aromatic N) is 2. The molecule has 1 aromatic rings. The first-order valence-corrected chi connectivity index (χ1v) is 8.37. The number of amides is 1. The lowest BCUT2D eigenvalue weighted by Gasteiger charge is -2.31. The minimum Gasteiger partial charge on any atom is -0.396 e. The summed E-state index contributed by atoms with van der Waals surface area (Å²) in [6, 6.07) is 7.92. The summed E-state index contributed by atoms with van der Waals surface area (Å²) >= 11 is 0. The number of piperidine rings is 1. The van der Waals surface area contributed by atoms with Gasteiger partial charge in [-0.1, -0.05) is 13.3 Å². The first-order chi connectivity index (χ1) is 10.7. The van der Waals surface area contributed by atoms with Gasteiger partial charge < -0.3 is 14.9 Å². The van der Waals surface area contributed by atoms with E-state index in [1.807, 2.05) is 29.2 Å². The third kappa shape index (κ3) is 4.23. The van der Waals surface area contributed by atoms with Gasteiger partial charge in [-0.25, -0.2) is 0 Å². The molecule has 22 heavy (non-hydrogen) atoms. The van der Waals surface area contributed by atoms with E-state index in [0.29, 0.717) is 5.92 Å². The van der Waals surface area contributed by atoms with E-state index in [0.717, 1.165) is 43.7 Å². The van der Waals surface area contributed by atoms with Crippen LogP contribution in [0.4, 0.5) is 5.69 Å². The monoisotopic (exact) mass is 304 g/mol. The normalized spacial score (nSPS) is 15.9. The Balaban J connectivity index is 1.94. The molecule has 1 fully saturated rings. The van der Waals surface area contributed by atoms with Crippen LogP contribution in [0, 0.1) is 5.92 Å². The smallest absolute Gasteiger partial charge is 0.253 e. The average Bonchev–Trinajstić information content (AvgIpc) is 2.59. The zero-order valence-corrected chi connectivity index (χ0v) is 13.8. The van der Waals surface area contributed by atoms with Crippen molar-refractivity contribution in [1.82, 2.24) is 4.90 Å². The second-order valence-electron chi connectivity index (χ2n) is 6.24. The molecule has 0 spiro atoms. The Morgan fingerprint density at radius 3 is 2.45 bits per heavy atom. The summed E-state index contributed by atoms with van der Waals surface area (Å²) in [5, 5.41) is 9.17.